The SMILES string of the molecule is CC1OCCC1N(C)CC1(CNC(C)(C)C)CCOC1. The Labute approximate surface area is 124 Å². The highest BCUT2D eigenvalue weighted by Crippen LogP contribution is 2.31. The van der Waals surface area contributed by atoms with E-state index in [9.17, 15) is 0 Å². The van der Waals surface area contributed by atoms with Crippen molar-refractivity contribution in [1.82, 2.24) is 10.2 Å². The van der Waals surface area contributed by atoms with Crippen molar-refractivity contribution in [1.29, 1.82) is 0 Å². The predicted octanol–water partition coefficient (Wildman–Crippen LogP) is 1.89. The van der Waals surface area contributed by atoms with Gasteiger partial charge in [0.2, 0.25) is 0 Å². The van der Waals surface area contributed by atoms with Crippen molar-refractivity contribution in [3.8, 4) is 0 Å². The summed E-state index contributed by atoms with van der Waals surface area (Å²) in [5, 5.41) is 3.67. The number of hydrogen-bond donors (Lipinski definition) is 1. The fraction of sp³-hybridized carbons (Fsp3) is 1.00. The monoisotopic (exact) mass is 284 g/mol. The molecule has 0 bridgehead atoms. The first-order valence-electron chi connectivity index (χ1n) is 7.96. The van der Waals surface area contributed by atoms with Crippen molar-refractivity contribution < 1.29 is 9.47 Å². The van der Waals surface area contributed by atoms with E-state index in [0.29, 0.717) is 12.1 Å². The van der Waals surface area contributed by atoms with Crippen molar-refractivity contribution in [3.05, 3.63) is 0 Å². The molecule has 0 saturated carbocycles. The van der Waals surface area contributed by atoms with E-state index in [1.807, 2.05) is 0 Å². The van der Waals surface area contributed by atoms with E-state index < -0.39 is 0 Å². The number of nitrogens with zero attached hydrogens (tertiary/aromatic N) is 1. The second-order valence-electron chi connectivity index (χ2n) is 7.75. The van der Waals surface area contributed by atoms with Gasteiger partial charge in [0.1, 0.15) is 0 Å². The van der Waals surface area contributed by atoms with Gasteiger partial charge >= 0.3 is 0 Å². The fourth-order valence-electron chi connectivity index (χ4n) is 3.37. The molecule has 20 heavy (non-hydrogen) atoms. The molecule has 118 valence electrons. The van der Waals surface area contributed by atoms with Crippen LogP contribution in [0, 0.1) is 5.41 Å². The summed E-state index contributed by atoms with van der Waals surface area (Å²) in [6.45, 7) is 13.7. The maximum absolute atomic E-state index is 5.72. The molecule has 0 spiro atoms. The highest BCUT2D eigenvalue weighted by atomic mass is 16.5. The summed E-state index contributed by atoms with van der Waals surface area (Å²) in [5.41, 5.74) is 0.419. The zero-order chi connectivity index (χ0) is 14.8. The standard InChI is InChI=1S/C16H32N2O2/c1-13-14(6-8-20-13)18(5)11-16(7-9-19-12-16)10-17-15(2,3)4/h13-14,17H,6-12H2,1-5H3. The van der Waals surface area contributed by atoms with E-state index in [1.165, 1.54) is 0 Å². The number of likely N-dealkylation sites (N-methyl/N-ethyl adjacent to an activating group) is 1. The Bertz CT molecular complexity index is 308. The lowest BCUT2D eigenvalue weighted by Gasteiger charge is -2.38. The molecule has 3 unspecified atom stereocenters. The number of rotatable bonds is 5. The third-order valence-corrected chi connectivity index (χ3v) is 4.67. The van der Waals surface area contributed by atoms with Crippen LogP contribution in [0.2, 0.25) is 0 Å². The molecular formula is C16H32N2O2. The highest BCUT2D eigenvalue weighted by Gasteiger charge is 2.39. The molecule has 2 aliphatic rings. The van der Waals surface area contributed by atoms with Crippen molar-refractivity contribution >= 4 is 0 Å². The zero-order valence-electron chi connectivity index (χ0n) is 13.9. The lowest BCUT2D eigenvalue weighted by atomic mass is 9.85. The van der Waals surface area contributed by atoms with E-state index in [0.717, 1.165) is 45.8 Å². The Morgan fingerprint density at radius 2 is 2.05 bits per heavy atom. The van der Waals surface area contributed by atoms with Crippen LogP contribution in [0.1, 0.15) is 40.5 Å². The van der Waals surface area contributed by atoms with Gasteiger partial charge in [-0.25, -0.2) is 0 Å². The normalized spacial score (nSPS) is 35.1. The van der Waals surface area contributed by atoms with Gasteiger partial charge in [0.05, 0.1) is 12.7 Å². The molecule has 0 aromatic carbocycles. The third-order valence-electron chi connectivity index (χ3n) is 4.67. The van der Waals surface area contributed by atoms with Crippen LogP contribution in [0.3, 0.4) is 0 Å². The van der Waals surface area contributed by atoms with Crippen LogP contribution in [-0.2, 0) is 9.47 Å². The Kier molecular flexibility index (Phi) is 5.11. The fourth-order valence-corrected chi connectivity index (χ4v) is 3.37. The maximum atomic E-state index is 5.72. The van der Waals surface area contributed by atoms with Gasteiger partial charge < -0.3 is 19.7 Å². The number of hydrogen-bond acceptors (Lipinski definition) is 4. The second-order valence-corrected chi connectivity index (χ2v) is 7.75. The highest BCUT2D eigenvalue weighted by molar-refractivity contribution is 4.92. The van der Waals surface area contributed by atoms with Crippen molar-refractivity contribution in [2.24, 2.45) is 5.41 Å². The first-order valence-corrected chi connectivity index (χ1v) is 7.96. The molecule has 1 N–H and O–H groups in total. The van der Waals surface area contributed by atoms with Crippen LogP contribution in [0.5, 0.6) is 0 Å². The average molecular weight is 284 g/mol. The van der Waals surface area contributed by atoms with Gasteiger partial charge in [-0.1, -0.05) is 0 Å². The summed E-state index contributed by atoms with van der Waals surface area (Å²) >= 11 is 0. The lowest BCUT2D eigenvalue weighted by Crippen LogP contribution is -2.51. The molecule has 2 fully saturated rings. The largest absolute Gasteiger partial charge is 0.381 e. The maximum Gasteiger partial charge on any atom is 0.0702 e. The summed E-state index contributed by atoms with van der Waals surface area (Å²) in [6, 6.07) is 0.558. The minimum atomic E-state index is 0.165. The summed E-state index contributed by atoms with van der Waals surface area (Å²) in [6.07, 6.45) is 2.67. The summed E-state index contributed by atoms with van der Waals surface area (Å²) in [4.78, 5) is 2.50. The van der Waals surface area contributed by atoms with Crippen LogP contribution in [0.25, 0.3) is 0 Å². The summed E-state index contributed by atoms with van der Waals surface area (Å²) in [7, 11) is 2.24. The van der Waals surface area contributed by atoms with E-state index in [1.54, 1.807) is 0 Å². The molecule has 0 aromatic heterocycles. The minimum absolute atomic E-state index is 0.165. The Balaban J connectivity index is 1.94. The Morgan fingerprint density at radius 3 is 2.55 bits per heavy atom. The van der Waals surface area contributed by atoms with Gasteiger partial charge in [0.15, 0.2) is 0 Å². The van der Waals surface area contributed by atoms with Gasteiger partial charge in [-0.2, -0.15) is 0 Å². The lowest BCUT2D eigenvalue weighted by molar-refractivity contribution is 0.0549. The van der Waals surface area contributed by atoms with Crippen molar-refractivity contribution in [3.63, 3.8) is 0 Å². The van der Waals surface area contributed by atoms with E-state index >= 15 is 0 Å². The Hall–Kier alpha value is -0.160. The van der Waals surface area contributed by atoms with E-state index in [4.69, 9.17) is 9.47 Å². The Morgan fingerprint density at radius 1 is 1.30 bits per heavy atom. The summed E-state index contributed by atoms with van der Waals surface area (Å²) in [5.74, 6) is 0. The smallest absolute Gasteiger partial charge is 0.0702 e. The molecule has 0 amide bonds. The van der Waals surface area contributed by atoms with Crippen LogP contribution in [0.15, 0.2) is 0 Å². The van der Waals surface area contributed by atoms with Crippen LogP contribution >= 0.6 is 0 Å². The molecule has 2 saturated heterocycles. The van der Waals surface area contributed by atoms with Gasteiger partial charge in [-0.05, 0) is 47.6 Å². The van der Waals surface area contributed by atoms with E-state index in [-0.39, 0.29) is 11.0 Å². The first-order chi connectivity index (χ1) is 9.31. The summed E-state index contributed by atoms with van der Waals surface area (Å²) < 4.78 is 11.4. The molecule has 2 heterocycles. The number of nitrogens with one attached hydrogen (secondary N) is 1. The van der Waals surface area contributed by atoms with Gasteiger partial charge in [-0.15, -0.1) is 0 Å². The average Bonchev–Trinajstić information content (AvgIpc) is 2.95. The van der Waals surface area contributed by atoms with Gasteiger partial charge in [0, 0.05) is 43.3 Å². The molecule has 2 rings (SSSR count). The minimum Gasteiger partial charge on any atom is -0.381 e. The zero-order valence-corrected chi connectivity index (χ0v) is 13.9. The second kappa shape index (κ2) is 6.30. The topological polar surface area (TPSA) is 33.7 Å². The van der Waals surface area contributed by atoms with Gasteiger partial charge in [0.25, 0.3) is 0 Å². The van der Waals surface area contributed by atoms with E-state index in [2.05, 4.69) is 45.0 Å². The molecule has 4 nitrogen and oxygen atoms in total. The van der Waals surface area contributed by atoms with Gasteiger partial charge in [-0.3, -0.25) is 0 Å². The molecular weight excluding hydrogens is 252 g/mol. The molecule has 0 aromatic rings. The quantitative estimate of drug-likeness (QED) is 0.836. The van der Waals surface area contributed by atoms with Crippen molar-refractivity contribution in [2.45, 2.75) is 58.2 Å². The van der Waals surface area contributed by atoms with Crippen LogP contribution in [0.4, 0.5) is 0 Å². The molecule has 2 aliphatic heterocycles. The molecule has 3 atom stereocenters. The van der Waals surface area contributed by atoms with Crippen LogP contribution in [-0.4, -0.2) is 62.5 Å². The predicted molar refractivity (Wildman–Crippen MR) is 82.1 cm³/mol. The molecule has 0 aliphatic carbocycles. The van der Waals surface area contributed by atoms with Crippen LogP contribution < -0.4 is 5.32 Å². The first kappa shape index (κ1) is 16.2. The third kappa shape index (κ3) is 4.17. The van der Waals surface area contributed by atoms with Crippen molar-refractivity contribution in [2.75, 3.05) is 40.0 Å². The molecule has 4 heteroatoms. The number of ether oxygens (including phenoxy) is 2. The molecule has 0 radical (unpaired) electrons.